The van der Waals surface area contributed by atoms with Gasteiger partial charge in [0.1, 0.15) is 6.33 Å². The Morgan fingerprint density at radius 3 is 2.67 bits per heavy atom. The zero-order valence-electron chi connectivity index (χ0n) is 12.7. The molecule has 3 rings (SSSR count). The van der Waals surface area contributed by atoms with Crippen LogP contribution in [0.25, 0.3) is 5.69 Å². The first-order chi connectivity index (χ1) is 11.6. The van der Waals surface area contributed by atoms with Gasteiger partial charge in [0.25, 0.3) is 5.91 Å². The quantitative estimate of drug-likeness (QED) is 0.584. The summed E-state index contributed by atoms with van der Waals surface area (Å²) >= 11 is 5.81. The van der Waals surface area contributed by atoms with E-state index in [1.54, 1.807) is 35.9 Å². The van der Waals surface area contributed by atoms with E-state index in [2.05, 4.69) is 26.1 Å². The summed E-state index contributed by atoms with van der Waals surface area (Å²) in [4.78, 5) is 12.1. The van der Waals surface area contributed by atoms with Gasteiger partial charge in [-0.15, -0.1) is 5.10 Å². The molecular formula is C16H13ClN6O. The number of hydrazone groups is 1. The first kappa shape index (κ1) is 15.8. The van der Waals surface area contributed by atoms with Crippen LogP contribution in [-0.2, 0) is 0 Å². The van der Waals surface area contributed by atoms with E-state index < -0.39 is 0 Å². The highest BCUT2D eigenvalue weighted by atomic mass is 35.5. The van der Waals surface area contributed by atoms with Crippen molar-refractivity contribution < 1.29 is 4.79 Å². The molecule has 0 saturated carbocycles. The second-order valence-electron chi connectivity index (χ2n) is 4.95. The minimum atomic E-state index is -0.303. The molecule has 24 heavy (non-hydrogen) atoms. The average molecular weight is 341 g/mol. The fourth-order valence-corrected chi connectivity index (χ4v) is 2.14. The lowest BCUT2D eigenvalue weighted by Crippen LogP contribution is -2.19. The Labute approximate surface area is 143 Å². The van der Waals surface area contributed by atoms with Gasteiger partial charge < -0.3 is 0 Å². The summed E-state index contributed by atoms with van der Waals surface area (Å²) < 4.78 is 1.54. The molecule has 0 bridgehead atoms. The summed E-state index contributed by atoms with van der Waals surface area (Å²) in [6.45, 7) is 1.81. The number of rotatable bonds is 4. The molecule has 2 aromatic carbocycles. The zero-order chi connectivity index (χ0) is 16.9. The van der Waals surface area contributed by atoms with Gasteiger partial charge in [0.2, 0.25) is 0 Å². The normalized spacial score (nSPS) is 11.3. The number of amides is 1. The predicted octanol–water partition coefficient (Wildman–Crippen LogP) is 2.47. The van der Waals surface area contributed by atoms with Crippen molar-refractivity contribution in [2.75, 3.05) is 0 Å². The number of hydrogen-bond donors (Lipinski definition) is 1. The van der Waals surface area contributed by atoms with Gasteiger partial charge in [-0.25, -0.2) is 10.1 Å². The topological polar surface area (TPSA) is 85.1 Å². The van der Waals surface area contributed by atoms with Crippen molar-refractivity contribution in [3.63, 3.8) is 0 Å². The third-order valence-corrected chi connectivity index (χ3v) is 3.56. The van der Waals surface area contributed by atoms with Gasteiger partial charge in [-0.05, 0) is 59.3 Å². The van der Waals surface area contributed by atoms with E-state index in [9.17, 15) is 4.79 Å². The van der Waals surface area contributed by atoms with Crippen molar-refractivity contribution in [3.05, 3.63) is 71.0 Å². The van der Waals surface area contributed by atoms with E-state index in [4.69, 9.17) is 11.6 Å². The van der Waals surface area contributed by atoms with E-state index >= 15 is 0 Å². The van der Waals surface area contributed by atoms with Gasteiger partial charge in [-0.1, -0.05) is 23.7 Å². The number of benzene rings is 2. The van der Waals surface area contributed by atoms with Crippen molar-refractivity contribution in [2.24, 2.45) is 5.10 Å². The van der Waals surface area contributed by atoms with E-state index in [1.165, 1.54) is 6.33 Å². The van der Waals surface area contributed by atoms with Crippen molar-refractivity contribution in [1.82, 2.24) is 25.6 Å². The fourth-order valence-electron chi connectivity index (χ4n) is 2.02. The molecule has 120 valence electrons. The third kappa shape index (κ3) is 3.64. The number of carbonyl (C=O) groups excluding carboxylic acids is 1. The van der Waals surface area contributed by atoms with E-state index in [-0.39, 0.29) is 5.91 Å². The maximum atomic E-state index is 12.1. The Balaban J connectivity index is 1.75. The van der Waals surface area contributed by atoms with Crippen molar-refractivity contribution in [1.29, 1.82) is 0 Å². The van der Waals surface area contributed by atoms with Crippen LogP contribution in [0.3, 0.4) is 0 Å². The highest BCUT2D eigenvalue weighted by molar-refractivity contribution is 6.30. The van der Waals surface area contributed by atoms with E-state index in [1.807, 2.05) is 24.3 Å². The Morgan fingerprint density at radius 1 is 1.17 bits per heavy atom. The second-order valence-corrected chi connectivity index (χ2v) is 5.39. The molecule has 1 heterocycles. The van der Waals surface area contributed by atoms with Crippen LogP contribution in [0.4, 0.5) is 0 Å². The third-order valence-electron chi connectivity index (χ3n) is 3.31. The Kier molecular flexibility index (Phi) is 4.62. The lowest BCUT2D eigenvalue weighted by molar-refractivity contribution is 0.0955. The number of hydrogen-bond acceptors (Lipinski definition) is 5. The average Bonchev–Trinajstić information content (AvgIpc) is 3.15. The van der Waals surface area contributed by atoms with Gasteiger partial charge in [0.05, 0.1) is 11.4 Å². The van der Waals surface area contributed by atoms with Crippen LogP contribution in [0.2, 0.25) is 5.02 Å². The molecule has 0 spiro atoms. The molecule has 3 aromatic rings. The Bertz CT molecular complexity index is 874. The molecule has 0 aliphatic carbocycles. The van der Waals surface area contributed by atoms with E-state index in [0.29, 0.717) is 16.3 Å². The van der Waals surface area contributed by atoms with Crippen LogP contribution in [0.15, 0.2) is 60.0 Å². The first-order valence-corrected chi connectivity index (χ1v) is 7.45. The maximum absolute atomic E-state index is 12.1. The first-order valence-electron chi connectivity index (χ1n) is 7.07. The molecule has 1 aromatic heterocycles. The Morgan fingerprint density at radius 2 is 1.96 bits per heavy atom. The summed E-state index contributed by atoms with van der Waals surface area (Å²) in [5.41, 5.74) is 5.32. The number of nitrogens with zero attached hydrogens (tertiary/aromatic N) is 5. The summed E-state index contributed by atoms with van der Waals surface area (Å²) in [7, 11) is 0. The Hall–Kier alpha value is -3.06. The lowest BCUT2D eigenvalue weighted by atomic mass is 10.1. The largest absolute Gasteiger partial charge is 0.271 e. The number of nitrogens with one attached hydrogen (secondary N) is 1. The highest BCUT2D eigenvalue weighted by Gasteiger charge is 2.06. The fraction of sp³-hybridized carbons (Fsp3) is 0.0625. The number of halogens is 1. The molecule has 0 aliphatic rings. The molecule has 8 heteroatoms. The SMILES string of the molecule is CC(=NNC(=O)c1ccc(Cl)cc1)c1cccc(-n2cnnn2)c1. The van der Waals surface area contributed by atoms with Gasteiger partial charge in [-0.3, -0.25) is 4.79 Å². The molecule has 0 atom stereocenters. The van der Waals surface area contributed by atoms with Crippen molar-refractivity contribution >= 4 is 23.2 Å². The van der Waals surface area contributed by atoms with Gasteiger partial charge in [0.15, 0.2) is 0 Å². The molecule has 0 unspecified atom stereocenters. The van der Waals surface area contributed by atoms with Crippen LogP contribution in [0.1, 0.15) is 22.8 Å². The molecule has 1 amide bonds. The molecule has 0 fully saturated rings. The molecule has 0 aliphatic heterocycles. The molecule has 7 nitrogen and oxygen atoms in total. The number of aromatic nitrogens is 4. The number of tetrazole rings is 1. The zero-order valence-corrected chi connectivity index (χ0v) is 13.5. The lowest BCUT2D eigenvalue weighted by Gasteiger charge is -2.05. The monoisotopic (exact) mass is 340 g/mol. The van der Waals surface area contributed by atoms with E-state index in [0.717, 1.165) is 11.3 Å². The van der Waals surface area contributed by atoms with Crippen LogP contribution < -0.4 is 5.43 Å². The standard InChI is InChI=1S/C16H13ClN6O/c1-11(19-20-16(24)12-5-7-14(17)8-6-12)13-3-2-4-15(9-13)23-10-18-21-22-23/h2-10H,1H3,(H,20,24). The van der Waals surface area contributed by atoms with Crippen molar-refractivity contribution in [2.45, 2.75) is 6.92 Å². The summed E-state index contributed by atoms with van der Waals surface area (Å²) in [6.07, 6.45) is 1.51. The molecule has 0 radical (unpaired) electrons. The van der Waals surface area contributed by atoms with Crippen molar-refractivity contribution in [3.8, 4) is 5.69 Å². The molecule has 1 N–H and O–H groups in total. The van der Waals surface area contributed by atoms with Gasteiger partial charge >= 0.3 is 0 Å². The highest BCUT2D eigenvalue weighted by Crippen LogP contribution is 2.11. The summed E-state index contributed by atoms with van der Waals surface area (Å²) in [5.74, 6) is -0.303. The maximum Gasteiger partial charge on any atom is 0.271 e. The van der Waals surface area contributed by atoms with Gasteiger partial charge in [-0.2, -0.15) is 5.10 Å². The van der Waals surface area contributed by atoms with Crippen LogP contribution >= 0.6 is 11.6 Å². The minimum Gasteiger partial charge on any atom is -0.267 e. The minimum absolute atomic E-state index is 0.303. The van der Waals surface area contributed by atoms with Crippen LogP contribution in [0, 0.1) is 0 Å². The summed E-state index contributed by atoms with van der Waals surface area (Å²) in [6, 6.07) is 14.1. The molecule has 0 saturated heterocycles. The smallest absolute Gasteiger partial charge is 0.267 e. The van der Waals surface area contributed by atoms with Crippen LogP contribution in [-0.4, -0.2) is 31.8 Å². The summed E-state index contributed by atoms with van der Waals surface area (Å²) in [5, 5.41) is 15.8. The predicted molar refractivity (Wildman–Crippen MR) is 90.3 cm³/mol. The number of carbonyl (C=O) groups is 1. The van der Waals surface area contributed by atoms with Gasteiger partial charge in [0, 0.05) is 10.6 Å². The second kappa shape index (κ2) is 7.01. The van der Waals surface area contributed by atoms with Crippen LogP contribution in [0.5, 0.6) is 0 Å². The molecular weight excluding hydrogens is 328 g/mol.